The predicted octanol–water partition coefficient (Wildman–Crippen LogP) is 4.07. The maximum absolute atomic E-state index is 10.6. The summed E-state index contributed by atoms with van der Waals surface area (Å²) < 4.78 is 5.24. The molecule has 0 heterocycles. The summed E-state index contributed by atoms with van der Waals surface area (Å²) in [6, 6.07) is 5.72. The summed E-state index contributed by atoms with van der Waals surface area (Å²) in [7, 11) is 1.63. The van der Waals surface area contributed by atoms with Gasteiger partial charge in [0.05, 0.1) is 7.11 Å². The molecule has 0 saturated carbocycles. The van der Waals surface area contributed by atoms with Crippen LogP contribution >= 0.6 is 11.8 Å². The van der Waals surface area contributed by atoms with Crippen molar-refractivity contribution in [1.82, 2.24) is 0 Å². The van der Waals surface area contributed by atoms with E-state index in [1.54, 1.807) is 13.2 Å². The SMILES string of the molecule is COc1ccc(/C=C/C(=O)O)c(CSC(C)C(C)C)c1. The lowest BCUT2D eigenvalue weighted by molar-refractivity contribution is -0.131. The normalized spacial score (nSPS) is 12.8. The van der Waals surface area contributed by atoms with Crippen molar-refractivity contribution in [3.05, 3.63) is 35.4 Å². The van der Waals surface area contributed by atoms with Gasteiger partial charge in [0.2, 0.25) is 0 Å². The number of methoxy groups -OCH3 is 1. The van der Waals surface area contributed by atoms with Crippen LogP contribution in [0, 0.1) is 5.92 Å². The largest absolute Gasteiger partial charge is 0.497 e. The Balaban J connectivity index is 2.91. The number of thioether (sulfide) groups is 1. The minimum atomic E-state index is -0.935. The molecule has 0 bridgehead atoms. The molecule has 0 aliphatic carbocycles. The van der Waals surface area contributed by atoms with Gasteiger partial charge in [0.25, 0.3) is 0 Å². The van der Waals surface area contributed by atoms with E-state index in [1.807, 2.05) is 30.0 Å². The zero-order chi connectivity index (χ0) is 15.1. The second-order valence-electron chi connectivity index (χ2n) is 5.00. The van der Waals surface area contributed by atoms with Gasteiger partial charge in [-0.05, 0) is 35.3 Å². The van der Waals surface area contributed by atoms with Gasteiger partial charge in [-0.15, -0.1) is 0 Å². The first-order chi connectivity index (χ1) is 9.43. The molecule has 1 aromatic rings. The Kier molecular flexibility index (Phi) is 6.65. The molecular formula is C16H22O3S. The zero-order valence-corrected chi connectivity index (χ0v) is 13.2. The Hall–Kier alpha value is -1.42. The highest BCUT2D eigenvalue weighted by atomic mass is 32.2. The first-order valence-electron chi connectivity index (χ1n) is 6.63. The molecule has 1 unspecified atom stereocenters. The summed E-state index contributed by atoms with van der Waals surface area (Å²) in [5.41, 5.74) is 2.02. The molecule has 110 valence electrons. The Morgan fingerprint density at radius 3 is 2.65 bits per heavy atom. The van der Waals surface area contributed by atoms with Gasteiger partial charge in [-0.1, -0.05) is 26.8 Å². The van der Waals surface area contributed by atoms with E-state index in [0.717, 1.165) is 22.6 Å². The highest BCUT2D eigenvalue weighted by Gasteiger charge is 2.10. The van der Waals surface area contributed by atoms with Crippen molar-refractivity contribution >= 4 is 23.8 Å². The van der Waals surface area contributed by atoms with Gasteiger partial charge in [0.1, 0.15) is 5.75 Å². The second-order valence-corrected chi connectivity index (χ2v) is 6.36. The molecule has 0 spiro atoms. The highest BCUT2D eigenvalue weighted by molar-refractivity contribution is 7.99. The molecule has 1 aromatic carbocycles. The lowest BCUT2D eigenvalue weighted by Crippen LogP contribution is -2.06. The number of hydrogen-bond acceptors (Lipinski definition) is 3. The summed E-state index contributed by atoms with van der Waals surface area (Å²) in [6.07, 6.45) is 2.81. The molecular weight excluding hydrogens is 272 g/mol. The number of carboxylic acid groups (broad SMARTS) is 1. The van der Waals surface area contributed by atoms with E-state index in [-0.39, 0.29) is 0 Å². The molecule has 0 amide bonds. The van der Waals surface area contributed by atoms with Gasteiger partial charge in [0.15, 0.2) is 0 Å². The number of hydrogen-bond donors (Lipinski definition) is 1. The number of carboxylic acids is 1. The van der Waals surface area contributed by atoms with Gasteiger partial charge < -0.3 is 9.84 Å². The molecule has 1 N–H and O–H groups in total. The molecule has 1 rings (SSSR count). The van der Waals surface area contributed by atoms with Crippen LogP contribution < -0.4 is 4.74 Å². The molecule has 0 radical (unpaired) electrons. The molecule has 3 nitrogen and oxygen atoms in total. The Morgan fingerprint density at radius 1 is 1.40 bits per heavy atom. The molecule has 4 heteroatoms. The lowest BCUT2D eigenvalue weighted by Gasteiger charge is -2.16. The van der Waals surface area contributed by atoms with Crippen LogP contribution in [-0.2, 0) is 10.5 Å². The lowest BCUT2D eigenvalue weighted by atomic mass is 10.1. The van der Waals surface area contributed by atoms with E-state index >= 15 is 0 Å². The van der Waals surface area contributed by atoms with E-state index in [2.05, 4.69) is 20.8 Å². The van der Waals surface area contributed by atoms with Crippen LogP contribution in [-0.4, -0.2) is 23.4 Å². The van der Waals surface area contributed by atoms with Gasteiger partial charge in [-0.2, -0.15) is 11.8 Å². The second kappa shape index (κ2) is 8.00. The summed E-state index contributed by atoms with van der Waals surface area (Å²) in [5.74, 6) is 1.32. The molecule has 20 heavy (non-hydrogen) atoms. The molecule has 0 aliphatic heterocycles. The van der Waals surface area contributed by atoms with Crippen LogP contribution in [0.3, 0.4) is 0 Å². The van der Waals surface area contributed by atoms with Crippen LogP contribution in [0.5, 0.6) is 5.75 Å². The smallest absolute Gasteiger partial charge is 0.328 e. The minimum Gasteiger partial charge on any atom is -0.497 e. The van der Waals surface area contributed by atoms with Crippen LogP contribution in [0.2, 0.25) is 0 Å². The molecule has 1 atom stereocenters. The molecule has 0 fully saturated rings. The van der Waals surface area contributed by atoms with Crippen molar-refractivity contribution < 1.29 is 14.6 Å². The summed E-state index contributed by atoms with van der Waals surface area (Å²) in [4.78, 5) is 10.6. The highest BCUT2D eigenvalue weighted by Crippen LogP contribution is 2.27. The first kappa shape index (κ1) is 16.6. The maximum Gasteiger partial charge on any atom is 0.328 e. The average Bonchev–Trinajstić information content (AvgIpc) is 2.42. The Bertz CT molecular complexity index is 481. The van der Waals surface area contributed by atoms with Crippen LogP contribution in [0.15, 0.2) is 24.3 Å². The van der Waals surface area contributed by atoms with Gasteiger partial charge in [-0.25, -0.2) is 4.79 Å². The molecule has 0 saturated heterocycles. The maximum atomic E-state index is 10.6. The zero-order valence-electron chi connectivity index (χ0n) is 12.4. The van der Waals surface area contributed by atoms with Crippen LogP contribution in [0.4, 0.5) is 0 Å². The van der Waals surface area contributed by atoms with Crippen molar-refractivity contribution in [3.8, 4) is 5.75 Å². The summed E-state index contributed by atoms with van der Waals surface area (Å²) >= 11 is 1.87. The summed E-state index contributed by atoms with van der Waals surface area (Å²) in [5, 5.41) is 9.29. The molecule has 0 aromatic heterocycles. The van der Waals surface area contributed by atoms with Crippen molar-refractivity contribution in [3.63, 3.8) is 0 Å². The monoisotopic (exact) mass is 294 g/mol. The van der Waals surface area contributed by atoms with Crippen LogP contribution in [0.25, 0.3) is 6.08 Å². The number of aliphatic carboxylic acids is 1. The van der Waals surface area contributed by atoms with E-state index in [1.165, 1.54) is 6.08 Å². The predicted molar refractivity (Wildman–Crippen MR) is 85.3 cm³/mol. The topological polar surface area (TPSA) is 46.5 Å². The number of ether oxygens (including phenoxy) is 1. The van der Waals surface area contributed by atoms with E-state index in [4.69, 9.17) is 9.84 Å². The third-order valence-corrected chi connectivity index (χ3v) is 4.74. The van der Waals surface area contributed by atoms with Gasteiger partial charge >= 0.3 is 5.97 Å². The van der Waals surface area contributed by atoms with Crippen molar-refractivity contribution in [2.45, 2.75) is 31.8 Å². The standard InChI is InChI=1S/C16H22O3S/c1-11(2)12(3)20-10-14-9-15(19-4)7-5-13(14)6-8-16(17)18/h5-9,11-12H,10H2,1-4H3,(H,17,18)/b8-6+. The van der Waals surface area contributed by atoms with Crippen molar-refractivity contribution in [2.24, 2.45) is 5.92 Å². The van der Waals surface area contributed by atoms with Crippen molar-refractivity contribution in [1.29, 1.82) is 0 Å². The number of benzene rings is 1. The first-order valence-corrected chi connectivity index (χ1v) is 7.68. The fourth-order valence-electron chi connectivity index (χ4n) is 1.57. The van der Waals surface area contributed by atoms with Crippen molar-refractivity contribution in [2.75, 3.05) is 7.11 Å². The van der Waals surface area contributed by atoms with E-state index in [9.17, 15) is 4.79 Å². The van der Waals surface area contributed by atoms with E-state index < -0.39 is 5.97 Å². The third kappa shape index (κ3) is 5.29. The fourth-order valence-corrected chi connectivity index (χ4v) is 2.65. The molecule has 0 aliphatic rings. The minimum absolute atomic E-state index is 0.553. The van der Waals surface area contributed by atoms with Crippen LogP contribution in [0.1, 0.15) is 31.9 Å². The Morgan fingerprint density at radius 2 is 2.10 bits per heavy atom. The third-order valence-electron chi connectivity index (χ3n) is 3.20. The Labute approximate surface area is 125 Å². The summed E-state index contributed by atoms with van der Waals surface area (Å²) in [6.45, 7) is 6.62. The number of carbonyl (C=O) groups is 1. The quantitative estimate of drug-likeness (QED) is 0.770. The number of rotatable bonds is 7. The average molecular weight is 294 g/mol. The van der Waals surface area contributed by atoms with Gasteiger partial charge in [0, 0.05) is 17.1 Å². The fraction of sp³-hybridized carbons (Fsp3) is 0.438. The van der Waals surface area contributed by atoms with Gasteiger partial charge in [-0.3, -0.25) is 0 Å². The van der Waals surface area contributed by atoms with E-state index in [0.29, 0.717) is 11.2 Å².